The van der Waals surface area contributed by atoms with E-state index in [1.165, 1.54) is 104 Å². The zero-order chi connectivity index (χ0) is 53.2. The molecule has 2 aromatic heterocycles. The molecule has 2 amide bonds. The summed E-state index contributed by atoms with van der Waals surface area (Å²) in [4.78, 5) is 98.9. The molecule has 0 spiro atoms. The molecule has 0 aliphatic carbocycles. The van der Waals surface area contributed by atoms with Gasteiger partial charge in [-0.15, -0.1) is 0 Å². The monoisotopic (exact) mass is 1100 g/mol. The van der Waals surface area contributed by atoms with Gasteiger partial charge in [-0.3, -0.25) is 32.5 Å². The minimum Gasteiger partial charge on any atom is -0.386 e. The van der Waals surface area contributed by atoms with E-state index >= 15 is 0 Å². The summed E-state index contributed by atoms with van der Waals surface area (Å²) in [6.45, 7) is 0.560. The number of nitrogens with one attached hydrogen (secondary N) is 2. The highest BCUT2D eigenvalue weighted by Crippen LogP contribution is 2.61. The van der Waals surface area contributed by atoms with E-state index in [2.05, 4.69) is 34.4 Å². The van der Waals surface area contributed by atoms with Crippen molar-refractivity contribution in [2.75, 3.05) is 37.8 Å². The van der Waals surface area contributed by atoms with Crippen molar-refractivity contribution < 1.29 is 85.3 Å². The summed E-state index contributed by atoms with van der Waals surface area (Å²) in [5.41, 5.74) is 4.28. The predicted molar refractivity (Wildman–Crippen MR) is 266 cm³/mol. The maximum atomic E-state index is 12.8. The van der Waals surface area contributed by atoms with Crippen LogP contribution in [0.4, 0.5) is 5.82 Å². The first kappa shape index (κ1) is 63.5. The summed E-state index contributed by atoms with van der Waals surface area (Å²) in [6, 6.07) is 0. The van der Waals surface area contributed by atoms with Crippen molar-refractivity contribution in [2.45, 2.75) is 179 Å². The first-order valence-corrected chi connectivity index (χ1v) is 30.0. The van der Waals surface area contributed by atoms with E-state index in [1.54, 1.807) is 0 Å². The lowest BCUT2D eigenvalue weighted by Gasteiger charge is -2.30. The van der Waals surface area contributed by atoms with Gasteiger partial charge in [0.15, 0.2) is 22.8 Å². The van der Waals surface area contributed by atoms with Crippen LogP contribution in [0.25, 0.3) is 11.2 Å². The van der Waals surface area contributed by atoms with Crippen molar-refractivity contribution in [3.05, 3.63) is 12.7 Å². The minimum absolute atomic E-state index is 0.0319. The summed E-state index contributed by atoms with van der Waals surface area (Å²) in [7, 11) is -16.4. The SMILES string of the molecule is CC(C)(COP(=O)(O)OP(=O)(O)OC[C@H]1O[C@@H](n2cnc3c(N)ncnc32)[C@H](O)[C@@H]1OP(=O)(O)O)[C@@H](O)C(=O)NCCC(=O)NCCSC(=O)CCCCCCCCCCCCCCCCCCCCC=O. The predicted octanol–water partition coefficient (Wildman–Crippen LogP) is 5.67. The van der Waals surface area contributed by atoms with Gasteiger partial charge < -0.3 is 55.7 Å². The molecule has 7 atom stereocenters. The minimum atomic E-state index is -5.58. The third kappa shape index (κ3) is 24.7. The molecule has 0 aromatic carbocycles. The molecule has 1 aliphatic rings. The summed E-state index contributed by atoms with van der Waals surface area (Å²) < 4.78 is 62.5. The number of anilines is 1. The lowest BCUT2D eigenvalue weighted by molar-refractivity contribution is -0.137. The second kappa shape index (κ2) is 32.6. The van der Waals surface area contributed by atoms with E-state index in [-0.39, 0.29) is 41.6 Å². The van der Waals surface area contributed by atoms with Crippen molar-refractivity contribution in [1.82, 2.24) is 30.2 Å². The van der Waals surface area contributed by atoms with Crippen LogP contribution < -0.4 is 16.4 Å². The summed E-state index contributed by atoms with van der Waals surface area (Å²) in [5, 5.41) is 26.7. The Labute approximate surface area is 424 Å². The summed E-state index contributed by atoms with van der Waals surface area (Å²) >= 11 is 1.15. The van der Waals surface area contributed by atoms with Gasteiger partial charge in [0.2, 0.25) is 11.8 Å². The Morgan fingerprint density at radius 2 is 1.38 bits per heavy atom. The molecule has 412 valence electrons. The Bertz CT molecular complexity index is 2120. The number of fused-ring (bicyclic) bond motifs is 1. The number of nitrogens with zero attached hydrogens (tertiary/aromatic N) is 4. The number of hydrogen-bond acceptors (Lipinski definition) is 19. The van der Waals surface area contributed by atoms with Crippen LogP contribution in [0.1, 0.15) is 155 Å². The fraction of sp³-hybridized carbons (Fsp3) is 0.791. The fourth-order valence-electron chi connectivity index (χ4n) is 7.69. The molecular weight excluding hydrogens is 1030 g/mol. The molecule has 2 aromatic rings. The Morgan fingerprint density at radius 3 is 1.94 bits per heavy atom. The van der Waals surface area contributed by atoms with E-state index < -0.39 is 84.6 Å². The standard InChI is InChI=1S/C43H76N7O18P3S/c1-43(2,29-65-71(62,63)68-70(60,61)64-28-32-37(67-69(57,58)59)36(54)42(66-32)50-31-49-35-39(44)47-30-48-40(35)50)38(55)41(56)46-24-23-33(52)45-25-27-72-34(53)22-20-18-16-14-12-10-8-6-4-3-5-7-9-11-13-15-17-19-21-26-51/h26,30-32,36-38,42,54-55H,3-25,27-29H2,1-2H3,(H,45,52)(H,46,56)(H,60,61)(H,62,63)(H2,44,47,48)(H2,57,58,59)/t32-,36-,37-,38+,42-/m1/s1. The van der Waals surface area contributed by atoms with Crippen LogP contribution in [0, 0.1) is 5.41 Å². The number of rotatable bonds is 40. The molecule has 0 radical (unpaired) electrons. The van der Waals surface area contributed by atoms with Gasteiger partial charge in [-0.2, -0.15) is 4.31 Å². The Hall–Kier alpha value is -2.77. The number of thioether (sulfide) groups is 1. The number of aliphatic hydroxyl groups is 2. The summed E-state index contributed by atoms with van der Waals surface area (Å²) in [5.74, 6) is -1.04. The number of carbonyl (C=O) groups is 4. The van der Waals surface area contributed by atoms with Gasteiger partial charge in [0, 0.05) is 43.5 Å². The van der Waals surface area contributed by atoms with Gasteiger partial charge >= 0.3 is 23.5 Å². The Morgan fingerprint density at radius 1 is 0.819 bits per heavy atom. The molecule has 3 heterocycles. The average Bonchev–Trinajstić information content (AvgIpc) is 3.87. The number of unbranched alkanes of at least 4 members (excludes halogenated alkanes) is 18. The van der Waals surface area contributed by atoms with Crippen LogP contribution in [0.15, 0.2) is 12.7 Å². The largest absolute Gasteiger partial charge is 0.481 e. The smallest absolute Gasteiger partial charge is 0.386 e. The van der Waals surface area contributed by atoms with E-state index in [0.29, 0.717) is 18.6 Å². The number of aromatic nitrogens is 4. The number of nitrogen functional groups attached to an aromatic ring is 1. The number of carbonyl (C=O) groups excluding carboxylic acids is 4. The molecule has 2 unspecified atom stereocenters. The van der Waals surface area contributed by atoms with Gasteiger partial charge in [0.05, 0.1) is 19.5 Å². The van der Waals surface area contributed by atoms with E-state index in [9.17, 15) is 62.7 Å². The molecule has 3 rings (SSSR count). The molecule has 1 aliphatic heterocycles. The molecule has 25 nitrogen and oxygen atoms in total. The molecule has 29 heteroatoms. The number of hydrogen-bond donors (Lipinski definition) is 9. The number of ether oxygens (including phenoxy) is 1. The molecule has 1 saturated heterocycles. The van der Waals surface area contributed by atoms with E-state index in [0.717, 1.165) is 61.0 Å². The van der Waals surface area contributed by atoms with Crippen molar-refractivity contribution in [3.8, 4) is 0 Å². The molecule has 72 heavy (non-hydrogen) atoms. The van der Waals surface area contributed by atoms with E-state index in [1.807, 2.05) is 0 Å². The third-order valence-corrected chi connectivity index (χ3v) is 15.8. The number of aldehydes is 1. The lowest BCUT2D eigenvalue weighted by atomic mass is 9.87. The Kier molecular flexibility index (Phi) is 28.8. The van der Waals surface area contributed by atoms with E-state index in [4.69, 9.17) is 19.5 Å². The first-order valence-electron chi connectivity index (χ1n) is 24.5. The lowest BCUT2D eigenvalue weighted by Crippen LogP contribution is -2.46. The molecule has 0 saturated carbocycles. The third-order valence-electron chi connectivity index (χ3n) is 11.7. The average molecular weight is 1100 g/mol. The molecular formula is C43H76N7O18P3S. The molecule has 10 N–H and O–H groups in total. The maximum Gasteiger partial charge on any atom is 0.481 e. The zero-order valence-corrected chi connectivity index (χ0v) is 44.7. The van der Waals surface area contributed by atoms with Crippen LogP contribution in [0.2, 0.25) is 0 Å². The highest BCUT2D eigenvalue weighted by molar-refractivity contribution is 8.13. The highest BCUT2D eigenvalue weighted by atomic mass is 32.2. The van der Waals surface area contributed by atoms with Gasteiger partial charge in [-0.05, 0) is 12.8 Å². The van der Waals surface area contributed by atoms with Crippen LogP contribution >= 0.6 is 35.2 Å². The number of aliphatic hydroxyl groups excluding tert-OH is 2. The maximum absolute atomic E-state index is 12.8. The van der Waals surface area contributed by atoms with Crippen molar-refractivity contribution >= 4 is 75.4 Å². The normalized spacial score (nSPS) is 19.4. The number of imidazole rings is 1. The molecule has 0 bridgehead atoms. The quantitative estimate of drug-likeness (QED) is 0.0220. The van der Waals surface area contributed by atoms with Gasteiger partial charge in [0.25, 0.3) is 0 Å². The summed E-state index contributed by atoms with van der Waals surface area (Å²) in [6.07, 6.45) is 17.1. The van der Waals surface area contributed by atoms with Crippen LogP contribution in [0.3, 0.4) is 0 Å². The van der Waals surface area contributed by atoms with Crippen LogP contribution in [0.5, 0.6) is 0 Å². The van der Waals surface area contributed by atoms with Gasteiger partial charge in [-0.25, -0.2) is 28.6 Å². The second-order valence-electron chi connectivity index (χ2n) is 18.4. The number of nitrogens with two attached hydrogens (primary N) is 1. The number of phosphoric ester groups is 3. The van der Waals surface area contributed by atoms with Gasteiger partial charge in [-0.1, -0.05) is 128 Å². The topological polar surface area (TPSA) is 381 Å². The first-order chi connectivity index (χ1) is 34.1. The van der Waals surface area contributed by atoms with Gasteiger partial charge in [0.1, 0.15) is 42.5 Å². The zero-order valence-electron chi connectivity index (χ0n) is 41.2. The van der Waals surface area contributed by atoms with Crippen LogP contribution in [-0.4, -0.2) is 129 Å². The Balaban J connectivity index is 1.23. The highest BCUT2D eigenvalue weighted by Gasteiger charge is 2.50. The van der Waals surface area contributed by atoms with Crippen molar-refractivity contribution in [3.63, 3.8) is 0 Å². The second-order valence-corrected chi connectivity index (χ2v) is 23.7. The number of amides is 2. The number of phosphoric acid groups is 3. The fourth-order valence-corrected chi connectivity index (χ4v) is 11.2. The van der Waals surface area contributed by atoms with Crippen LogP contribution in [-0.2, 0) is 55.5 Å². The van der Waals surface area contributed by atoms with Crippen molar-refractivity contribution in [2.24, 2.45) is 5.41 Å². The van der Waals surface area contributed by atoms with Crippen molar-refractivity contribution in [1.29, 1.82) is 0 Å². The molecule has 1 fully saturated rings.